The van der Waals surface area contributed by atoms with Crippen LogP contribution in [0.5, 0.6) is 0 Å². The third-order valence-electron chi connectivity index (χ3n) is 1.80. The second-order valence-corrected chi connectivity index (χ2v) is 3.33. The van der Waals surface area contributed by atoms with Gasteiger partial charge in [0.05, 0.1) is 11.0 Å². The van der Waals surface area contributed by atoms with Crippen molar-refractivity contribution in [2.75, 3.05) is 0 Å². The first-order valence-corrected chi connectivity index (χ1v) is 4.37. The largest absolute Gasteiger partial charge is 0.550 e. The zero-order chi connectivity index (χ0) is 10.1. The zero-order valence-electron chi connectivity index (χ0n) is 7.08. The molecule has 1 aromatic carbocycles. The van der Waals surface area contributed by atoms with Crippen molar-refractivity contribution < 1.29 is 9.90 Å². The van der Waals surface area contributed by atoms with Gasteiger partial charge in [-0.1, -0.05) is 11.6 Å². The van der Waals surface area contributed by atoms with Gasteiger partial charge in [0.1, 0.15) is 5.82 Å². The summed E-state index contributed by atoms with van der Waals surface area (Å²) in [5.74, 6) is -0.780. The number of halogens is 1. The molecule has 2 aromatic rings. The van der Waals surface area contributed by atoms with Crippen LogP contribution in [-0.2, 0) is 11.2 Å². The van der Waals surface area contributed by atoms with E-state index in [-0.39, 0.29) is 6.42 Å². The van der Waals surface area contributed by atoms with Crippen molar-refractivity contribution in [2.24, 2.45) is 0 Å². The Balaban J connectivity index is 2.46. The van der Waals surface area contributed by atoms with Gasteiger partial charge < -0.3 is 14.9 Å². The highest BCUT2D eigenvalue weighted by Crippen LogP contribution is 2.17. The zero-order valence-corrected chi connectivity index (χ0v) is 7.84. The number of aromatic nitrogens is 2. The number of carboxylic acid groups (broad SMARTS) is 1. The molecule has 14 heavy (non-hydrogen) atoms. The first-order chi connectivity index (χ1) is 6.65. The first kappa shape index (κ1) is 9.02. The molecular weight excluding hydrogens is 204 g/mol. The second-order valence-electron chi connectivity index (χ2n) is 2.89. The Bertz CT molecular complexity index is 493. The molecule has 0 aliphatic carbocycles. The van der Waals surface area contributed by atoms with Crippen LogP contribution in [0.25, 0.3) is 11.0 Å². The Kier molecular flexibility index (Phi) is 2.13. The number of rotatable bonds is 2. The molecule has 1 heterocycles. The molecule has 72 valence electrons. The Hall–Kier alpha value is -1.55. The number of aliphatic carboxylic acids is 1. The fourth-order valence-corrected chi connectivity index (χ4v) is 1.43. The van der Waals surface area contributed by atoms with Crippen LogP contribution in [0.4, 0.5) is 0 Å². The normalized spacial score (nSPS) is 10.6. The monoisotopic (exact) mass is 209 g/mol. The van der Waals surface area contributed by atoms with Crippen LogP contribution in [0.3, 0.4) is 0 Å². The van der Waals surface area contributed by atoms with Crippen LogP contribution in [0.2, 0.25) is 5.02 Å². The van der Waals surface area contributed by atoms with Crippen molar-refractivity contribution in [1.82, 2.24) is 9.97 Å². The smallest absolute Gasteiger partial charge is 0.112 e. The summed E-state index contributed by atoms with van der Waals surface area (Å²) in [6.45, 7) is 0. The van der Waals surface area contributed by atoms with Gasteiger partial charge in [-0.3, -0.25) is 0 Å². The van der Waals surface area contributed by atoms with Crippen molar-refractivity contribution in [2.45, 2.75) is 6.42 Å². The molecule has 5 heteroatoms. The number of carboxylic acids is 1. The van der Waals surface area contributed by atoms with Gasteiger partial charge in [-0.25, -0.2) is 4.98 Å². The van der Waals surface area contributed by atoms with Gasteiger partial charge in [-0.15, -0.1) is 0 Å². The number of carbonyl (C=O) groups excluding carboxylic acids is 1. The molecule has 0 spiro atoms. The molecule has 2 rings (SSSR count). The van der Waals surface area contributed by atoms with Crippen LogP contribution < -0.4 is 5.11 Å². The number of hydrogen-bond acceptors (Lipinski definition) is 3. The van der Waals surface area contributed by atoms with Crippen molar-refractivity contribution in [3.63, 3.8) is 0 Å². The number of H-pyrrole nitrogens is 1. The van der Waals surface area contributed by atoms with Crippen LogP contribution in [0.15, 0.2) is 18.2 Å². The molecule has 0 unspecified atom stereocenters. The SMILES string of the molecule is O=C([O-])Cc1nc2ccc(Cl)cc2[nH]1. The number of nitrogens with zero attached hydrogens (tertiary/aromatic N) is 1. The van der Waals surface area contributed by atoms with Crippen LogP contribution in [0.1, 0.15) is 5.82 Å². The summed E-state index contributed by atoms with van der Waals surface area (Å²) in [6.07, 6.45) is -0.216. The number of hydrogen-bond donors (Lipinski definition) is 1. The summed E-state index contributed by atoms with van der Waals surface area (Å²) < 4.78 is 0. The molecule has 0 atom stereocenters. The minimum absolute atomic E-state index is 0.216. The van der Waals surface area contributed by atoms with Crippen molar-refractivity contribution >= 4 is 28.6 Å². The summed E-state index contributed by atoms with van der Waals surface area (Å²) in [6, 6.07) is 5.13. The molecule has 1 aromatic heterocycles. The highest BCUT2D eigenvalue weighted by molar-refractivity contribution is 6.31. The lowest BCUT2D eigenvalue weighted by atomic mass is 10.3. The Morgan fingerprint density at radius 3 is 3.07 bits per heavy atom. The lowest BCUT2D eigenvalue weighted by molar-refractivity contribution is -0.304. The number of imidazole rings is 1. The maximum Gasteiger partial charge on any atom is 0.112 e. The predicted octanol–water partition coefficient (Wildman–Crippen LogP) is 0.509. The molecule has 1 N–H and O–H groups in total. The summed E-state index contributed by atoms with van der Waals surface area (Å²) in [7, 11) is 0. The van der Waals surface area contributed by atoms with Crippen molar-refractivity contribution in [3.05, 3.63) is 29.0 Å². The Morgan fingerprint density at radius 1 is 1.57 bits per heavy atom. The van der Waals surface area contributed by atoms with E-state index in [9.17, 15) is 9.90 Å². The molecule has 0 aliphatic heterocycles. The molecule has 0 aliphatic rings. The molecule has 0 saturated heterocycles. The van der Waals surface area contributed by atoms with Crippen LogP contribution >= 0.6 is 11.6 Å². The molecular formula is C9H6ClN2O2-. The molecule has 4 nitrogen and oxygen atoms in total. The summed E-state index contributed by atoms with van der Waals surface area (Å²) >= 11 is 5.76. The van der Waals surface area contributed by atoms with E-state index in [4.69, 9.17) is 11.6 Å². The highest BCUT2D eigenvalue weighted by Gasteiger charge is 2.02. The summed E-state index contributed by atoms with van der Waals surface area (Å²) in [5.41, 5.74) is 1.43. The van der Waals surface area contributed by atoms with E-state index < -0.39 is 5.97 Å². The van der Waals surface area contributed by atoms with Gasteiger partial charge in [-0.05, 0) is 18.2 Å². The standard InChI is InChI=1S/C9H7ClN2O2/c10-5-1-2-6-7(3-5)12-8(11-6)4-9(13)14/h1-3H,4H2,(H,11,12)(H,13,14)/p-1. The lowest BCUT2D eigenvalue weighted by Gasteiger charge is -1.95. The van der Waals surface area contributed by atoms with Gasteiger partial charge in [0.15, 0.2) is 0 Å². The lowest BCUT2D eigenvalue weighted by Crippen LogP contribution is -2.24. The topological polar surface area (TPSA) is 68.8 Å². The van der Waals surface area contributed by atoms with Crippen molar-refractivity contribution in [3.8, 4) is 0 Å². The summed E-state index contributed by atoms with van der Waals surface area (Å²) in [5, 5.41) is 10.9. The van der Waals surface area contributed by atoms with E-state index in [2.05, 4.69) is 9.97 Å². The highest BCUT2D eigenvalue weighted by atomic mass is 35.5. The number of aromatic amines is 1. The number of carbonyl (C=O) groups is 1. The number of fused-ring (bicyclic) bond motifs is 1. The number of benzene rings is 1. The van der Waals surface area contributed by atoms with Crippen LogP contribution in [-0.4, -0.2) is 15.9 Å². The van der Waals surface area contributed by atoms with Crippen LogP contribution in [0, 0.1) is 0 Å². The Labute approximate surface area is 84.5 Å². The van der Waals surface area contributed by atoms with Gasteiger partial charge >= 0.3 is 0 Å². The van der Waals surface area contributed by atoms with Crippen molar-refractivity contribution in [1.29, 1.82) is 0 Å². The predicted molar refractivity (Wildman–Crippen MR) is 49.8 cm³/mol. The average molecular weight is 210 g/mol. The van der Waals surface area contributed by atoms with E-state index in [1.165, 1.54) is 0 Å². The van der Waals surface area contributed by atoms with Gasteiger partial charge in [0.2, 0.25) is 0 Å². The third kappa shape index (κ3) is 1.70. The molecule has 0 amide bonds. The molecule has 0 radical (unpaired) electrons. The van der Waals surface area contributed by atoms with E-state index in [0.717, 1.165) is 5.52 Å². The minimum Gasteiger partial charge on any atom is -0.550 e. The van der Waals surface area contributed by atoms with E-state index >= 15 is 0 Å². The van der Waals surface area contributed by atoms with Gasteiger partial charge in [0, 0.05) is 17.4 Å². The first-order valence-electron chi connectivity index (χ1n) is 3.99. The quantitative estimate of drug-likeness (QED) is 0.784. The fourth-order valence-electron chi connectivity index (χ4n) is 1.26. The number of nitrogens with one attached hydrogen (secondary N) is 1. The summed E-state index contributed by atoms with van der Waals surface area (Å²) in [4.78, 5) is 17.2. The van der Waals surface area contributed by atoms with E-state index in [1.54, 1.807) is 18.2 Å². The molecule has 0 fully saturated rings. The molecule has 0 saturated carbocycles. The van der Waals surface area contributed by atoms with Gasteiger partial charge in [-0.2, -0.15) is 0 Å². The minimum atomic E-state index is -1.16. The maximum atomic E-state index is 10.3. The third-order valence-corrected chi connectivity index (χ3v) is 2.04. The Morgan fingerprint density at radius 2 is 2.36 bits per heavy atom. The van der Waals surface area contributed by atoms with E-state index in [1.807, 2.05) is 0 Å². The second kappa shape index (κ2) is 3.31. The fraction of sp³-hybridized carbons (Fsp3) is 0.111. The average Bonchev–Trinajstić information content (AvgIpc) is 2.44. The molecule has 0 bridgehead atoms. The van der Waals surface area contributed by atoms with E-state index in [0.29, 0.717) is 16.4 Å². The maximum absolute atomic E-state index is 10.3. The van der Waals surface area contributed by atoms with Gasteiger partial charge in [0.25, 0.3) is 0 Å².